The third-order valence-electron chi connectivity index (χ3n) is 2.84. The van der Waals surface area contributed by atoms with Gasteiger partial charge in [-0.1, -0.05) is 19.9 Å². The van der Waals surface area contributed by atoms with E-state index in [1.54, 1.807) is 0 Å². The van der Waals surface area contributed by atoms with Crippen molar-refractivity contribution < 1.29 is 4.74 Å². The van der Waals surface area contributed by atoms with Crippen molar-refractivity contribution in [1.29, 1.82) is 0 Å². The van der Waals surface area contributed by atoms with E-state index in [0.717, 1.165) is 23.7 Å². The standard InChI is InChI=1S/C15H26N2O/c1-6-18-14-9-7-8-13(15(14)16)17(12(4)5)10-11(2)3/h7-9,11-12H,6,10,16H2,1-5H3. The molecule has 18 heavy (non-hydrogen) atoms. The lowest BCUT2D eigenvalue weighted by atomic mass is 10.1. The van der Waals surface area contributed by atoms with Gasteiger partial charge >= 0.3 is 0 Å². The molecule has 0 aliphatic carbocycles. The Labute approximate surface area is 111 Å². The normalized spacial score (nSPS) is 11.1. The quantitative estimate of drug-likeness (QED) is 0.785. The highest BCUT2D eigenvalue weighted by Crippen LogP contribution is 2.33. The number of ether oxygens (including phenoxy) is 1. The van der Waals surface area contributed by atoms with Crippen LogP contribution < -0.4 is 15.4 Å². The number of rotatable bonds is 6. The Morgan fingerprint density at radius 2 is 1.89 bits per heavy atom. The molecule has 3 nitrogen and oxygen atoms in total. The first-order valence-electron chi connectivity index (χ1n) is 6.75. The van der Waals surface area contributed by atoms with E-state index in [-0.39, 0.29) is 0 Å². The number of hydrogen-bond donors (Lipinski definition) is 1. The maximum absolute atomic E-state index is 6.22. The zero-order chi connectivity index (χ0) is 13.7. The molecule has 2 N–H and O–H groups in total. The molecule has 0 saturated carbocycles. The molecule has 1 aromatic carbocycles. The van der Waals surface area contributed by atoms with Crippen LogP contribution in [-0.2, 0) is 0 Å². The van der Waals surface area contributed by atoms with Crippen molar-refractivity contribution in [2.45, 2.75) is 40.7 Å². The summed E-state index contributed by atoms with van der Waals surface area (Å²) < 4.78 is 5.56. The third kappa shape index (κ3) is 3.56. The van der Waals surface area contributed by atoms with Gasteiger partial charge in [-0.2, -0.15) is 0 Å². The summed E-state index contributed by atoms with van der Waals surface area (Å²) in [6, 6.07) is 6.43. The van der Waals surface area contributed by atoms with Gasteiger partial charge in [0.05, 0.1) is 18.0 Å². The van der Waals surface area contributed by atoms with Gasteiger partial charge in [0.25, 0.3) is 0 Å². The zero-order valence-corrected chi connectivity index (χ0v) is 12.2. The van der Waals surface area contributed by atoms with Crippen molar-refractivity contribution in [2.24, 2.45) is 5.92 Å². The van der Waals surface area contributed by atoms with Gasteiger partial charge in [-0.15, -0.1) is 0 Å². The van der Waals surface area contributed by atoms with Gasteiger partial charge in [0.2, 0.25) is 0 Å². The van der Waals surface area contributed by atoms with Gasteiger partial charge < -0.3 is 15.4 Å². The van der Waals surface area contributed by atoms with E-state index in [1.807, 2.05) is 19.1 Å². The summed E-state index contributed by atoms with van der Waals surface area (Å²) in [5, 5.41) is 0. The first-order chi connectivity index (χ1) is 8.47. The highest BCUT2D eigenvalue weighted by molar-refractivity contribution is 5.74. The summed E-state index contributed by atoms with van der Waals surface area (Å²) >= 11 is 0. The van der Waals surface area contributed by atoms with Crippen LogP contribution in [0.2, 0.25) is 0 Å². The lowest BCUT2D eigenvalue weighted by Crippen LogP contribution is -2.34. The van der Waals surface area contributed by atoms with Gasteiger partial charge in [-0.05, 0) is 38.8 Å². The predicted octanol–water partition coefficient (Wildman–Crippen LogP) is 3.54. The molecule has 0 aromatic heterocycles. The SMILES string of the molecule is CCOc1cccc(N(CC(C)C)C(C)C)c1N. The van der Waals surface area contributed by atoms with E-state index < -0.39 is 0 Å². The smallest absolute Gasteiger partial charge is 0.144 e. The van der Waals surface area contributed by atoms with E-state index in [0.29, 0.717) is 18.6 Å². The number of nitrogens with two attached hydrogens (primary N) is 1. The molecule has 0 saturated heterocycles. The lowest BCUT2D eigenvalue weighted by molar-refractivity contribution is 0.342. The Hall–Kier alpha value is -1.38. The van der Waals surface area contributed by atoms with Crippen molar-refractivity contribution in [3.05, 3.63) is 18.2 Å². The molecule has 3 heteroatoms. The number of nitrogens with zero attached hydrogens (tertiary/aromatic N) is 1. The maximum atomic E-state index is 6.22. The molecule has 0 atom stereocenters. The molecule has 0 radical (unpaired) electrons. The van der Waals surface area contributed by atoms with Crippen LogP contribution in [0.25, 0.3) is 0 Å². The molecule has 0 amide bonds. The second-order valence-corrected chi connectivity index (χ2v) is 5.26. The van der Waals surface area contributed by atoms with Gasteiger partial charge in [0.15, 0.2) is 0 Å². The van der Waals surface area contributed by atoms with Crippen molar-refractivity contribution in [3.63, 3.8) is 0 Å². The van der Waals surface area contributed by atoms with E-state index in [9.17, 15) is 0 Å². The molecule has 1 aromatic rings. The Kier molecular flexibility index (Phi) is 5.32. The fourth-order valence-corrected chi connectivity index (χ4v) is 2.04. The van der Waals surface area contributed by atoms with Crippen LogP contribution in [-0.4, -0.2) is 19.2 Å². The summed E-state index contributed by atoms with van der Waals surface area (Å²) in [7, 11) is 0. The van der Waals surface area contributed by atoms with Gasteiger partial charge in [0.1, 0.15) is 5.75 Å². The lowest BCUT2D eigenvalue weighted by Gasteiger charge is -2.32. The molecular weight excluding hydrogens is 224 g/mol. The monoisotopic (exact) mass is 250 g/mol. The van der Waals surface area contributed by atoms with Crippen LogP contribution in [0.5, 0.6) is 5.75 Å². The largest absolute Gasteiger partial charge is 0.492 e. The van der Waals surface area contributed by atoms with Gasteiger partial charge in [-0.3, -0.25) is 0 Å². The van der Waals surface area contributed by atoms with Gasteiger partial charge in [0, 0.05) is 12.6 Å². The molecule has 0 aliphatic heterocycles. The van der Waals surface area contributed by atoms with Crippen LogP contribution in [0.15, 0.2) is 18.2 Å². The van der Waals surface area contributed by atoms with Crippen LogP contribution in [0.3, 0.4) is 0 Å². The Bertz CT molecular complexity index is 375. The van der Waals surface area contributed by atoms with Gasteiger partial charge in [-0.25, -0.2) is 0 Å². The summed E-state index contributed by atoms with van der Waals surface area (Å²) in [6.45, 7) is 12.4. The summed E-state index contributed by atoms with van der Waals surface area (Å²) in [6.07, 6.45) is 0. The minimum Gasteiger partial charge on any atom is -0.492 e. The first-order valence-corrected chi connectivity index (χ1v) is 6.75. The second kappa shape index (κ2) is 6.53. The summed E-state index contributed by atoms with van der Waals surface area (Å²) in [5.74, 6) is 1.38. The average molecular weight is 250 g/mol. The molecule has 0 bridgehead atoms. The second-order valence-electron chi connectivity index (χ2n) is 5.26. The van der Waals surface area contributed by atoms with Crippen molar-refractivity contribution in [1.82, 2.24) is 0 Å². The minimum atomic E-state index is 0.423. The number of anilines is 2. The molecule has 0 unspecified atom stereocenters. The molecular formula is C15H26N2O. The summed E-state index contributed by atoms with van der Waals surface area (Å²) in [5.41, 5.74) is 8.04. The highest BCUT2D eigenvalue weighted by atomic mass is 16.5. The number of nitrogen functional groups attached to an aromatic ring is 1. The molecule has 0 spiro atoms. The molecule has 1 rings (SSSR count). The van der Waals surface area contributed by atoms with Crippen molar-refractivity contribution in [3.8, 4) is 5.75 Å². The van der Waals surface area contributed by atoms with Crippen LogP contribution in [0.1, 0.15) is 34.6 Å². The van der Waals surface area contributed by atoms with Crippen LogP contribution >= 0.6 is 0 Å². The van der Waals surface area contributed by atoms with Crippen molar-refractivity contribution >= 4 is 11.4 Å². The van der Waals surface area contributed by atoms with E-state index in [4.69, 9.17) is 10.5 Å². The van der Waals surface area contributed by atoms with E-state index in [2.05, 4.69) is 38.7 Å². The minimum absolute atomic E-state index is 0.423. The highest BCUT2D eigenvalue weighted by Gasteiger charge is 2.16. The Morgan fingerprint density at radius 1 is 1.22 bits per heavy atom. The van der Waals surface area contributed by atoms with Crippen LogP contribution in [0.4, 0.5) is 11.4 Å². The maximum Gasteiger partial charge on any atom is 0.144 e. The molecule has 0 fully saturated rings. The number of para-hydroxylation sites is 1. The fraction of sp³-hybridized carbons (Fsp3) is 0.600. The molecule has 102 valence electrons. The Balaban J connectivity index is 3.08. The van der Waals surface area contributed by atoms with E-state index >= 15 is 0 Å². The van der Waals surface area contributed by atoms with Crippen LogP contribution in [0, 0.1) is 5.92 Å². The number of benzene rings is 1. The fourth-order valence-electron chi connectivity index (χ4n) is 2.04. The zero-order valence-electron chi connectivity index (χ0n) is 12.2. The van der Waals surface area contributed by atoms with E-state index in [1.165, 1.54) is 0 Å². The Morgan fingerprint density at radius 3 is 2.39 bits per heavy atom. The van der Waals surface area contributed by atoms with Crippen molar-refractivity contribution in [2.75, 3.05) is 23.8 Å². The average Bonchev–Trinajstić information content (AvgIpc) is 2.29. The third-order valence-corrected chi connectivity index (χ3v) is 2.84. The summed E-state index contributed by atoms with van der Waals surface area (Å²) in [4.78, 5) is 2.34. The number of hydrogen-bond acceptors (Lipinski definition) is 3. The first kappa shape index (κ1) is 14.7. The molecule has 0 heterocycles. The predicted molar refractivity (Wildman–Crippen MR) is 79.3 cm³/mol. The topological polar surface area (TPSA) is 38.5 Å². The molecule has 0 aliphatic rings.